The van der Waals surface area contributed by atoms with Crippen LogP contribution in [0.3, 0.4) is 0 Å². The molecule has 0 aromatic rings. The fourth-order valence-electron chi connectivity index (χ4n) is 0.595. The second-order valence-corrected chi connectivity index (χ2v) is 2.32. The van der Waals surface area contributed by atoms with Gasteiger partial charge in [-0.1, -0.05) is 26.7 Å². The molecule has 0 heterocycles. The maximum atomic E-state index is 5.31. The summed E-state index contributed by atoms with van der Waals surface area (Å²) < 4.78 is 5.31. The fraction of sp³-hybridized carbons (Fsp3) is 0.667. The lowest BCUT2D eigenvalue weighted by atomic mass is 10.3. The van der Waals surface area contributed by atoms with Gasteiger partial charge in [0.05, 0.1) is 0 Å². The molecule has 0 N–H and O–H groups in total. The average molecular weight is 186 g/mol. The third-order valence-electron chi connectivity index (χ3n) is 1.28. The second-order valence-electron chi connectivity index (χ2n) is 2.32. The SMILES string of the molecule is C=C.C=C.CCCCOCCCC. The van der Waals surface area contributed by atoms with Crippen molar-refractivity contribution in [3.05, 3.63) is 26.3 Å². The smallest absolute Gasteiger partial charge is 0.0465 e. The Balaban J connectivity index is -0.000000218. The van der Waals surface area contributed by atoms with E-state index < -0.39 is 0 Å². The molecule has 0 atom stereocenters. The predicted octanol–water partition coefficient (Wildman–Crippen LogP) is 4.21. The Hall–Kier alpha value is -0.560. The molecule has 80 valence electrons. The molecule has 0 saturated carbocycles. The molecule has 0 spiro atoms. The van der Waals surface area contributed by atoms with E-state index in [0.717, 1.165) is 13.2 Å². The van der Waals surface area contributed by atoms with Gasteiger partial charge < -0.3 is 4.74 Å². The van der Waals surface area contributed by atoms with Crippen molar-refractivity contribution in [2.24, 2.45) is 0 Å². The summed E-state index contributed by atoms with van der Waals surface area (Å²) >= 11 is 0. The minimum Gasteiger partial charge on any atom is -0.381 e. The van der Waals surface area contributed by atoms with Crippen molar-refractivity contribution >= 4 is 0 Å². The Morgan fingerprint density at radius 1 is 0.769 bits per heavy atom. The molecule has 0 rings (SSSR count). The van der Waals surface area contributed by atoms with Crippen LogP contribution in [0.1, 0.15) is 39.5 Å². The molecule has 1 nitrogen and oxygen atoms in total. The minimum atomic E-state index is 0.955. The van der Waals surface area contributed by atoms with Crippen LogP contribution >= 0.6 is 0 Å². The van der Waals surface area contributed by atoms with Gasteiger partial charge in [-0.25, -0.2) is 0 Å². The monoisotopic (exact) mass is 186 g/mol. The van der Waals surface area contributed by atoms with E-state index in [1.54, 1.807) is 0 Å². The van der Waals surface area contributed by atoms with Gasteiger partial charge in [0, 0.05) is 13.2 Å². The third-order valence-corrected chi connectivity index (χ3v) is 1.28. The van der Waals surface area contributed by atoms with Crippen molar-refractivity contribution in [1.29, 1.82) is 0 Å². The Kier molecular flexibility index (Phi) is 42.3. The van der Waals surface area contributed by atoms with E-state index in [1.165, 1.54) is 25.7 Å². The largest absolute Gasteiger partial charge is 0.381 e. The first kappa shape index (κ1) is 18.3. The minimum absolute atomic E-state index is 0.955. The van der Waals surface area contributed by atoms with E-state index in [1.807, 2.05) is 0 Å². The van der Waals surface area contributed by atoms with E-state index in [-0.39, 0.29) is 0 Å². The predicted molar refractivity (Wildman–Crippen MR) is 63.1 cm³/mol. The Morgan fingerprint density at radius 3 is 1.31 bits per heavy atom. The van der Waals surface area contributed by atoms with E-state index in [9.17, 15) is 0 Å². The van der Waals surface area contributed by atoms with E-state index in [0.29, 0.717) is 0 Å². The summed E-state index contributed by atoms with van der Waals surface area (Å²) in [5.41, 5.74) is 0. The summed E-state index contributed by atoms with van der Waals surface area (Å²) in [4.78, 5) is 0. The maximum absolute atomic E-state index is 5.31. The first-order chi connectivity index (χ1) is 6.41. The Labute approximate surface area is 84.5 Å². The van der Waals surface area contributed by atoms with Crippen LogP contribution in [0.25, 0.3) is 0 Å². The number of unbranched alkanes of at least 4 members (excludes halogenated alkanes) is 2. The molecule has 0 aliphatic heterocycles. The normalized spacial score (nSPS) is 7.54. The lowest BCUT2D eigenvalue weighted by Crippen LogP contribution is -1.95. The zero-order valence-corrected chi connectivity index (χ0v) is 9.48. The Morgan fingerprint density at radius 2 is 1.08 bits per heavy atom. The highest BCUT2D eigenvalue weighted by atomic mass is 16.5. The van der Waals surface area contributed by atoms with Gasteiger partial charge in [-0.3, -0.25) is 0 Å². The molecule has 0 aliphatic carbocycles. The van der Waals surface area contributed by atoms with Gasteiger partial charge in [0.15, 0.2) is 0 Å². The van der Waals surface area contributed by atoms with Crippen molar-refractivity contribution in [2.75, 3.05) is 13.2 Å². The molecular formula is C12H26O. The van der Waals surface area contributed by atoms with Gasteiger partial charge in [0.2, 0.25) is 0 Å². The zero-order chi connectivity index (χ0) is 10.9. The van der Waals surface area contributed by atoms with Crippen LogP contribution in [-0.4, -0.2) is 13.2 Å². The van der Waals surface area contributed by atoms with Gasteiger partial charge in [-0.2, -0.15) is 0 Å². The van der Waals surface area contributed by atoms with Gasteiger partial charge >= 0.3 is 0 Å². The summed E-state index contributed by atoms with van der Waals surface area (Å²) in [7, 11) is 0. The van der Waals surface area contributed by atoms with Gasteiger partial charge in [0.25, 0.3) is 0 Å². The number of rotatable bonds is 6. The first-order valence-electron chi connectivity index (χ1n) is 4.99. The number of hydrogen-bond donors (Lipinski definition) is 0. The summed E-state index contributed by atoms with van der Waals surface area (Å²) in [6.45, 7) is 18.3. The molecule has 13 heavy (non-hydrogen) atoms. The maximum Gasteiger partial charge on any atom is 0.0465 e. The molecule has 0 bridgehead atoms. The van der Waals surface area contributed by atoms with Crippen molar-refractivity contribution in [1.82, 2.24) is 0 Å². The van der Waals surface area contributed by atoms with Crippen LogP contribution in [0.15, 0.2) is 26.3 Å². The highest BCUT2D eigenvalue weighted by Gasteiger charge is 1.84. The van der Waals surface area contributed by atoms with Crippen LogP contribution in [0, 0.1) is 0 Å². The lowest BCUT2D eigenvalue weighted by Gasteiger charge is -1.99. The van der Waals surface area contributed by atoms with Crippen molar-refractivity contribution < 1.29 is 4.74 Å². The zero-order valence-electron chi connectivity index (χ0n) is 9.48. The number of ether oxygens (including phenoxy) is 1. The van der Waals surface area contributed by atoms with Gasteiger partial charge in [-0.05, 0) is 12.8 Å². The van der Waals surface area contributed by atoms with E-state index in [2.05, 4.69) is 40.2 Å². The molecule has 1 heteroatoms. The van der Waals surface area contributed by atoms with Crippen LogP contribution in [-0.2, 0) is 4.74 Å². The standard InChI is InChI=1S/C8H18O.2C2H4/c1-3-5-7-9-8-6-4-2;2*1-2/h3-8H2,1-2H3;2*1-2H2. The first-order valence-corrected chi connectivity index (χ1v) is 4.99. The molecule has 0 aromatic carbocycles. The molecular weight excluding hydrogens is 160 g/mol. The van der Waals surface area contributed by atoms with Gasteiger partial charge in [-0.15, -0.1) is 26.3 Å². The van der Waals surface area contributed by atoms with Crippen LogP contribution < -0.4 is 0 Å². The lowest BCUT2D eigenvalue weighted by molar-refractivity contribution is 0.128. The highest BCUT2D eigenvalue weighted by Crippen LogP contribution is 1.91. The highest BCUT2D eigenvalue weighted by molar-refractivity contribution is 4.33. The summed E-state index contributed by atoms with van der Waals surface area (Å²) in [5.74, 6) is 0. The third kappa shape index (κ3) is 34.4. The summed E-state index contributed by atoms with van der Waals surface area (Å²) in [6.07, 6.45) is 4.91. The molecule has 0 fully saturated rings. The van der Waals surface area contributed by atoms with Crippen molar-refractivity contribution in [3.8, 4) is 0 Å². The summed E-state index contributed by atoms with van der Waals surface area (Å²) in [5, 5.41) is 0. The molecule has 0 radical (unpaired) electrons. The van der Waals surface area contributed by atoms with Gasteiger partial charge in [0.1, 0.15) is 0 Å². The fourth-order valence-corrected chi connectivity index (χ4v) is 0.595. The molecule has 0 amide bonds. The van der Waals surface area contributed by atoms with Crippen molar-refractivity contribution in [2.45, 2.75) is 39.5 Å². The van der Waals surface area contributed by atoms with Crippen LogP contribution in [0.4, 0.5) is 0 Å². The molecule has 0 aromatic heterocycles. The topological polar surface area (TPSA) is 9.23 Å². The molecule has 0 aliphatic rings. The van der Waals surface area contributed by atoms with Crippen LogP contribution in [0.2, 0.25) is 0 Å². The Bertz CT molecular complexity index is 54.1. The molecule has 0 saturated heterocycles. The quantitative estimate of drug-likeness (QED) is 0.446. The van der Waals surface area contributed by atoms with Crippen LogP contribution in [0.5, 0.6) is 0 Å². The second kappa shape index (κ2) is 30.1. The average Bonchev–Trinajstić information content (AvgIpc) is 2.24. The molecule has 0 unspecified atom stereocenters. The summed E-state index contributed by atoms with van der Waals surface area (Å²) in [6, 6.07) is 0. The van der Waals surface area contributed by atoms with Crippen molar-refractivity contribution in [3.63, 3.8) is 0 Å². The van der Waals surface area contributed by atoms with E-state index in [4.69, 9.17) is 4.74 Å². The number of hydrogen-bond acceptors (Lipinski definition) is 1. The van der Waals surface area contributed by atoms with E-state index >= 15 is 0 Å².